The second-order valence-electron chi connectivity index (χ2n) is 5.14. The maximum atomic E-state index is 9.86. The summed E-state index contributed by atoms with van der Waals surface area (Å²) >= 11 is 0. The molecule has 78 valence electrons. The van der Waals surface area contributed by atoms with Crippen LogP contribution in [-0.4, -0.2) is 34.7 Å². The molecular formula is C11H23NO. The van der Waals surface area contributed by atoms with E-state index in [1.807, 2.05) is 0 Å². The lowest BCUT2D eigenvalue weighted by Crippen LogP contribution is -2.51. The van der Waals surface area contributed by atoms with Crippen LogP contribution >= 0.6 is 0 Å². The molecule has 0 spiro atoms. The van der Waals surface area contributed by atoms with Crippen LogP contribution in [0.1, 0.15) is 40.5 Å². The molecule has 1 N–H and O–H groups in total. The van der Waals surface area contributed by atoms with Gasteiger partial charge in [-0.25, -0.2) is 0 Å². The Labute approximate surface area is 81.9 Å². The van der Waals surface area contributed by atoms with Gasteiger partial charge in [-0.3, -0.25) is 4.90 Å². The summed E-state index contributed by atoms with van der Waals surface area (Å²) in [5, 5.41) is 9.86. The van der Waals surface area contributed by atoms with Crippen LogP contribution in [-0.2, 0) is 0 Å². The molecule has 0 aromatic carbocycles. The van der Waals surface area contributed by atoms with Gasteiger partial charge in [-0.2, -0.15) is 0 Å². The molecule has 1 saturated heterocycles. The highest BCUT2D eigenvalue weighted by Crippen LogP contribution is 2.25. The summed E-state index contributed by atoms with van der Waals surface area (Å²) in [6.07, 6.45) is 2.15. The molecule has 0 aromatic rings. The zero-order chi connectivity index (χ0) is 10.1. The molecule has 0 radical (unpaired) electrons. The van der Waals surface area contributed by atoms with Crippen LogP contribution in [0.25, 0.3) is 0 Å². The minimum atomic E-state index is -0.113. The van der Waals surface area contributed by atoms with Gasteiger partial charge in [0.25, 0.3) is 0 Å². The normalized spacial score (nSPS) is 32.1. The molecule has 1 heterocycles. The quantitative estimate of drug-likeness (QED) is 0.674. The molecule has 0 bridgehead atoms. The van der Waals surface area contributed by atoms with Gasteiger partial charge in [-0.1, -0.05) is 13.3 Å². The lowest BCUT2D eigenvalue weighted by Gasteiger charge is -2.43. The van der Waals surface area contributed by atoms with Crippen molar-refractivity contribution in [2.75, 3.05) is 13.1 Å². The van der Waals surface area contributed by atoms with Gasteiger partial charge in [0.15, 0.2) is 0 Å². The van der Waals surface area contributed by atoms with Crippen LogP contribution in [0.4, 0.5) is 0 Å². The van der Waals surface area contributed by atoms with Gasteiger partial charge in [-0.05, 0) is 39.7 Å². The number of hydrogen-bond acceptors (Lipinski definition) is 2. The highest BCUT2D eigenvalue weighted by Gasteiger charge is 2.31. The Morgan fingerprint density at radius 3 is 2.38 bits per heavy atom. The molecular weight excluding hydrogens is 162 g/mol. The van der Waals surface area contributed by atoms with Gasteiger partial charge in [0.05, 0.1) is 6.10 Å². The minimum absolute atomic E-state index is 0.113. The maximum absolute atomic E-state index is 9.86. The summed E-state index contributed by atoms with van der Waals surface area (Å²) in [6, 6.07) is 0. The average molecular weight is 185 g/mol. The average Bonchev–Trinajstić information content (AvgIpc) is 2.02. The molecule has 0 aromatic heterocycles. The van der Waals surface area contributed by atoms with E-state index < -0.39 is 0 Å². The second-order valence-corrected chi connectivity index (χ2v) is 5.14. The molecule has 2 heteroatoms. The Hall–Kier alpha value is -0.0800. The SMILES string of the molecule is CCC1CCN(C(C)(C)C)CC1O. The number of β-amino-alcohol motifs (C(OH)–C–C–N with tert-alkyl or cyclic N) is 1. The fourth-order valence-corrected chi connectivity index (χ4v) is 2.07. The Balaban J connectivity index is 2.51. The molecule has 2 unspecified atom stereocenters. The van der Waals surface area contributed by atoms with Crippen LogP contribution in [0.5, 0.6) is 0 Å². The van der Waals surface area contributed by atoms with Crippen LogP contribution in [0.2, 0.25) is 0 Å². The second kappa shape index (κ2) is 3.97. The van der Waals surface area contributed by atoms with Gasteiger partial charge >= 0.3 is 0 Å². The summed E-state index contributed by atoms with van der Waals surface area (Å²) in [5.41, 5.74) is 0.208. The molecule has 2 nitrogen and oxygen atoms in total. The van der Waals surface area contributed by atoms with Gasteiger partial charge in [-0.15, -0.1) is 0 Å². The zero-order valence-electron chi connectivity index (χ0n) is 9.38. The number of nitrogens with zero attached hydrogens (tertiary/aromatic N) is 1. The van der Waals surface area contributed by atoms with E-state index >= 15 is 0 Å². The molecule has 0 saturated carbocycles. The largest absolute Gasteiger partial charge is 0.392 e. The van der Waals surface area contributed by atoms with E-state index in [-0.39, 0.29) is 11.6 Å². The summed E-state index contributed by atoms with van der Waals surface area (Å²) in [6.45, 7) is 10.8. The summed E-state index contributed by atoms with van der Waals surface area (Å²) < 4.78 is 0. The van der Waals surface area contributed by atoms with Crippen molar-refractivity contribution in [2.45, 2.75) is 52.2 Å². The van der Waals surface area contributed by atoms with E-state index in [9.17, 15) is 5.11 Å². The fourth-order valence-electron chi connectivity index (χ4n) is 2.07. The third kappa shape index (κ3) is 2.68. The van der Waals surface area contributed by atoms with Gasteiger partial charge in [0.1, 0.15) is 0 Å². The molecule has 2 atom stereocenters. The van der Waals surface area contributed by atoms with E-state index in [1.165, 1.54) is 0 Å². The first-order valence-corrected chi connectivity index (χ1v) is 5.38. The van der Waals surface area contributed by atoms with Crippen molar-refractivity contribution >= 4 is 0 Å². The van der Waals surface area contributed by atoms with Crippen molar-refractivity contribution < 1.29 is 5.11 Å². The van der Waals surface area contributed by atoms with E-state index in [4.69, 9.17) is 0 Å². The number of aliphatic hydroxyl groups is 1. The Morgan fingerprint density at radius 1 is 1.38 bits per heavy atom. The van der Waals surface area contributed by atoms with Gasteiger partial charge in [0, 0.05) is 12.1 Å². The molecule has 1 fully saturated rings. The Bertz CT molecular complexity index is 162. The minimum Gasteiger partial charge on any atom is -0.392 e. The molecule has 1 rings (SSSR count). The first-order chi connectivity index (χ1) is 5.95. The van der Waals surface area contributed by atoms with Crippen molar-refractivity contribution in [3.8, 4) is 0 Å². The number of piperidine rings is 1. The predicted octanol–water partition coefficient (Wildman–Crippen LogP) is 1.88. The fraction of sp³-hybridized carbons (Fsp3) is 1.00. The van der Waals surface area contributed by atoms with Gasteiger partial charge < -0.3 is 5.11 Å². The van der Waals surface area contributed by atoms with E-state index in [0.29, 0.717) is 5.92 Å². The number of rotatable bonds is 1. The monoisotopic (exact) mass is 185 g/mol. The van der Waals surface area contributed by atoms with Crippen molar-refractivity contribution in [3.63, 3.8) is 0 Å². The summed E-state index contributed by atoms with van der Waals surface area (Å²) in [5.74, 6) is 0.526. The first-order valence-electron chi connectivity index (χ1n) is 5.38. The highest BCUT2D eigenvalue weighted by molar-refractivity contribution is 4.85. The predicted molar refractivity (Wildman–Crippen MR) is 55.7 cm³/mol. The number of likely N-dealkylation sites (tertiary alicyclic amines) is 1. The van der Waals surface area contributed by atoms with Crippen LogP contribution in [0.15, 0.2) is 0 Å². The summed E-state index contributed by atoms with van der Waals surface area (Å²) in [7, 11) is 0. The van der Waals surface area contributed by atoms with Crippen molar-refractivity contribution in [2.24, 2.45) is 5.92 Å². The number of hydrogen-bond donors (Lipinski definition) is 1. The van der Waals surface area contributed by atoms with Gasteiger partial charge in [0.2, 0.25) is 0 Å². The van der Waals surface area contributed by atoms with E-state index in [0.717, 1.165) is 25.9 Å². The highest BCUT2D eigenvalue weighted by atomic mass is 16.3. The standard InChI is InChI=1S/C11H23NO/c1-5-9-6-7-12(8-10(9)13)11(2,3)4/h9-10,13H,5-8H2,1-4H3. The topological polar surface area (TPSA) is 23.5 Å². The van der Waals surface area contributed by atoms with E-state index in [2.05, 4.69) is 32.6 Å². The summed E-state index contributed by atoms with van der Waals surface area (Å²) in [4.78, 5) is 2.38. The van der Waals surface area contributed by atoms with Crippen molar-refractivity contribution in [1.29, 1.82) is 0 Å². The lowest BCUT2D eigenvalue weighted by atomic mass is 9.89. The van der Waals surface area contributed by atoms with E-state index in [1.54, 1.807) is 0 Å². The van der Waals surface area contributed by atoms with Crippen molar-refractivity contribution in [3.05, 3.63) is 0 Å². The first kappa shape index (κ1) is 11.0. The molecule has 1 aliphatic rings. The van der Waals surface area contributed by atoms with Crippen LogP contribution < -0.4 is 0 Å². The Morgan fingerprint density at radius 2 is 2.00 bits per heavy atom. The lowest BCUT2D eigenvalue weighted by molar-refractivity contribution is -0.0158. The third-order valence-corrected chi connectivity index (χ3v) is 3.19. The molecule has 13 heavy (non-hydrogen) atoms. The number of aliphatic hydroxyl groups excluding tert-OH is 1. The molecule has 1 aliphatic heterocycles. The zero-order valence-corrected chi connectivity index (χ0v) is 9.38. The van der Waals surface area contributed by atoms with Crippen LogP contribution in [0.3, 0.4) is 0 Å². The van der Waals surface area contributed by atoms with Crippen LogP contribution in [0, 0.1) is 5.92 Å². The smallest absolute Gasteiger partial charge is 0.0695 e. The molecule has 0 aliphatic carbocycles. The van der Waals surface area contributed by atoms with Crippen molar-refractivity contribution in [1.82, 2.24) is 4.90 Å². The Kier molecular flexibility index (Phi) is 3.36. The molecule has 0 amide bonds. The maximum Gasteiger partial charge on any atom is 0.0695 e. The third-order valence-electron chi connectivity index (χ3n) is 3.19.